The predicted octanol–water partition coefficient (Wildman–Crippen LogP) is 5.33. The van der Waals surface area contributed by atoms with Gasteiger partial charge in [-0.2, -0.15) is 18.3 Å². The first-order valence-electron chi connectivity index (χ1n) is 9.59. The molecule has 0 N–H and O–H groups in total. The molecule has 158 valence electrons. The zero-order valence-corrected chi connectivity index (χ0v) is 16.9. The van der Waals surface area contributed by atoms with Gasteiger partial charge in [0.25, 0.3) is 0 Å². The first kappa shape index (κ1) is 21.5. The smallest absolute Gasteiger partial charge is 0.434 e. The fraction of sp³-hybridized carbons (Fsp3) is 0.318. The van der Waals surface area contributed by atoms with E-state index in [0.29, 0.717) is 16.3 Å². The molecule has 0 saturated heterocycles. The van der Waals surface area contributed by atoms with E-state index in [2.05, 4.69) is 23.9 Å². The number of carbonyl (C=O) groups is 1. The van der Waals surface area contributed by atoms with Crippen molar-refractivity contribution in [3.05, 3.63) is 65.5 Å². The number of hydrogen-bond acceptors (Lipinski definition) is 4. The highest BCUT2D eigenvalue weighted by molar-refractivity contribution is 5.90. The Bertz CT molecular complexity index is 1040. The summed E-state index contributed by atoms with van der Waals surface area (Å²) in [5.41, 5.74) is 0.574. The Hall–Kier alpha value is -3.16. The Kier molecular flexibility index (Phi) is 6.24. The van der Waals surface area contributed by atoms with Gasteiger partial charge in [0, 0.05) is 5.56 Å². The molecule has 0 aliphatic heterocycles. The molecule has 0 bridgehead atoms. The van der Waals surface area contributed by atoms with Gasteiger partial charge in [-0.25, -0.2) is 14.5 Å². The molecule has 1 aromatic carbocycles. The molecule has 0 atom stereocenters. The van der Waals surface area contributed by atoms with Crippen molar-refractivity contribution in [2.24, 2.45) is 5.92 Å². The second kappa shape index (κ2) is 8.69. The van der Waals surface area contributed by atoms with Crippen LogP contribution in [-0.4, -0.2) is 27.3 Å². The lowest BCUT2D eigenvalue weighted by atomic mass is 10.00. The minimum atomic E-state index is -4.81. The summed E-state index contributed by atoms with van der Waals surface area (Å²) in [7, 11) is 0. The Morgan fingerprint density at radius 1 is 1.17 bits per heavy atom. The minimum absolute atomic E-state index is 0.0374. The lowest BCUT2D eigenvalue weighted by molar-refractivity contribution is -0.143. The van der Waals surface area contributed by atoms with E-state index >= 15 is 0 Å². The maximum Gasteiger partial charge on any atom is 0.434 e. The number of alkyl halides is 3. The van der Waals surface area contributed by atoms with Crippen LogP contribution in [0.25, 0.3) is 17.1 Å². The first-order chi connectivity index (χ1) is 14.2. The van der Waals surface area contributed by atoms with Crippen LogP contribution in [0.15, 0.2) is 48.7 Å². The molecule has 2 heterocycles. The van der Waals surface area contributed by atoms with E-state index in [9.17, 15) is 18.0 Å². The Labute approximate surface area is 172 Å². The summed E-state index contributed by atoms with van der Waals surface area (Å²) in [4.78, 5) is 16.3. The molecule has 0 amide bonds. The third-order valence-corrected chi connectivity index (χ3v) is 4.35. The number of esters is 1. The van der Waals surface area contributed by atoms with Crippen LogP contribution in [0, 0.1) is 5.92 Å². The molecule has 3 rings (SSSR count). The maximum absolute atomic E-state index is 13.7. The lowest BCUT2D eigenvalue weighted by Gasteiger charge is -2.13. The van der Waals surface area contributed by atoms with Gasteiger partial charge in [0.2, 0.25) is 0 Å². The van der Waals surface area contributed by atoms with Crippen LogP contribution in [0.1, 0.15) is 42.4 Å². The van der Waals surface area contributed by atoms with E-state index in [1.165, 1.54) is 13.0 Å². The van der Waals surface area contributed by atoms with Crippen molar-refractivity contribution in [3.63, 3.8) is 0 Å². The van der Waals surface area contributed by atoms with E-state index in [1.54, 1.807) is 12.1 Å². The molecule has 8 heteroatoms. The van der Waals surface area contributed by atoms with Gasteiger partial charge in [-0.3, -0.25) is 0 Å². The zero-order valence-electron chi connectivity index (χ0n) is 16.9. The van der Waals surface area contributed by atoms with Crippen molar-refractivity contribution in [1.82, 2.24) is 14.8 Å². The topological polar surface area (TPSA) is 57.0 Å². The van der Waals surface area contributed by atoms with Gasteiger partial charge >= 0.3 is 12.1 Å². The molecular weight excluding hydrogens is 395 g/mol. The molecule has 0 aliphatic rings. The quantitative estimate of drug-likeness (QED) is 0.509. The average Bonchev–Trinajstić information content (AvgIpc) is 3.14. The molecule has 5 nitrogen and oxygen atoms in total. The molecule has 0 saturated carbocycles. The monoisotopic (exact) mass is 417 g/mol. The van der Waals surface area contributed by atoms with Crippen LogP contribution in [0.3, 0.4) is 0 Å². The third kappa shape index (κ3) is 4.69. The van der Waals surface area contributed by atoms with Gasteiger partial charge in [0.05, 0.1) is 18.5 Å². The summed E-state index contributed by atoms with van der Waals surface area (Å²) in [5.74, 6) is -0.641. The van der Waals surface area contributed by atoms with E-state index in [1.807, 2.05) is 24.3 Å². The second-order valence-corrected chi connectivity index (χ2v) is 7.22. The summed E-state index contributed by atoms with van der Waals surface area (Å²) in [6.07, 6.45) is -3.07. The first-order valence-corrected chi connectivity index (χ1v) is 9.59. The maximum atomic E-state index is 13.7. The summed E-state index contributed by atoms with van der Waals surface area (Å²) >= 11 is 0. The average molecular weight is 417 g/mol. The molecule has 2 aromatic heterocycles. The Morgan fingerprint density at radius 2 is 1.90 bits per heavy atom. The van der Waals surface area contributed by atoms with Crippen molar-refractivity contribution in [1.29, 1.82) is 0 Å². The van der Waals surface area contributed by atoms with Crippen molar-refractivity contribution < 1.29 is 22.7 Å². The van der Waals surface area contributed by atoms with Crippen molar-refractivity contribution in [3.8, 4) is 17.1 Å². The number of carbonyl (C=O) groups excluding carboxylic acids is 1. The number of nitrogens with zero attached hydrogens (tertiary/aromatic N) is 3. The van der Waals surface area contributed by atoms with Gasteiger partial charge in [0.15, 0.2) is 11.5 Å². The van der Waals surface area contributed by atoms with Crippen LogP contribution in [0.5, 0.6) is 0 Å². The van der Waals surface area contributed by atoms with Crippen LogP contribution in [0.2, 0.25) is 0 Å². The van der Waals surface area contributed by atoms with Crippen LogP contribution >= 0.6 is 0 Å². The van der Waals surface area contributed by atoms with E-state index in [-0.39, 0.29) is 12.4 Å². The van der Waals surface area contributed by atoms with Crippen molar-refractivity contribution in [2.45, 2.75) is 33.4 Å². The highest BCUT2D eigenvalue weighted by atomic mass is 19.4. The summed E-state index contributed by atoms with van der Waals surface area (Å²) in [6.45, 7) is 5.71. The highest BCUT2D eigenvalue weighted by Crippen LogP contribution is 2.34. The fourth-order valence-corrected chi connectivity index (χ4v) is 3.18. The van der Waals surface area contributed by atoms with E-state index in [4.69, 9.17) is 4.74 Å². The summed E-state index contributed by atoms with van der Waals surface area (Å²) in [6, 6.07) is 12.5. The standard InChI is InChI=1S/C22H22F3N3O2/c1-4-30-21(29)17-13-26-28(20(17)22(23,24)25)19-10-6-9-18(27-19)16-8-5-7-15(12-16)11-14(2)3/h5-10,12-14H,4,11H2,1-3H3. The van der Waals surface area contributed by atoms with E-state index in [0.717, 1.165) is 23.7 Å². The molecular formula is C22H22F3N3O2. The van der Waals surface area contributed by atoms with Crippen LogP contribution in [-0.2, 0) is 17.3 Å². The number of hydrogen-bond donors (Lipinski definition) is 0. The summed E-state index contributed by atoms with van der Waals surface area (Å²) < 4.78 is 46.6. The fourth-order valence-electron chi connectivity index (χ4n) is 3.18. The normalized spacial score (nSPS) is 11.7. The van der Waals surface area contributed by atoms with E-state index < -0.39 is 23.4 Å². The summed E-state index contributed by atoms with van der Waals surface area (Å²) in [5, 5.41) is 3.78. The van der Waals surface area contributed by atoms with Crippen LogP contribution in [0.4, 0.5) is 13.2 Å². The minimum Gasteiger partial charge on any atom is -0.462 e. The van der Waals surface area contributed by atoms with Crippen molar-refractivity contribution in [2.75, 3.05) is 6.61 Å². The lowest BCUT2D eigenvalue weighted by Crippen LogP contribution is -2.19. The third-order valence-electron chi connectivity index (χ3n) is 4.35. The Balaban J connectivity index is 2.06. The molecule has 3 aromatic rings. The van der Waals surface area contributed by atoms with Gasteiger partial charge in [-0.15, -0.1) is 0 Å². The van der Waals surface area contributed by atoms with Crippen LogP contribution < -0.4 is 0 Å². The van der Waals surface area contributed by atoms with Gasteiger partial charge in [0.1, 0.15) is 5.56 Å². The Morgan fingerprint density at radius 3 is 2.57 bits per heavy atom. The van der Waals surface area contributed by atoms with Gasteiger partial charge in [-0.1, -0.05) is 38.1 Å². The highest BCUT2D eigenvalue weighted by Gasteiger charge is 2.41. The number of pyridine rings is 1. The molecule has 0 unspecified atom stereocenters. The SMILES string of the molecule is CCOC(=O)c1cnn(-c2cccc(-c3cccc(CC(C)C)c3)n2)c1C(F)(F)F. The largest absolute Gasteiger partial charge is 0.462 e. The van der Waals surface area contributed by atoms with Gasteiger partial charge in [-0.05, 0) is 43.0 Å². The number of ether oxygens (including phenoxy) is 1. The molecule has 0 radical (unpaired) electrons. The number of halogens is 3. The van der Waals surface area contributed by atoms with Gasteiger partial charge < -0.3 is 4.74 Å². The molecule has 0 fully saturated rings. The predicted molar refractivity (Wildman–Crippen MR) is 106 cm³/mol. The molecule has 0 spiro atoms. The second-order valence-electron chi connectivity index (χ2n) is 7.22. The number of aromatic nitrogens is 3. The molecule has 30 heavy (non-hydrogen) atoms. The zero-order chi connectivity index (χ0) is 21.9. The van der Waals surface area contributed by atoms with Crippen molar-refractivity contribution >= 4 is 5.97 Å². The molecule has 0 aliphatic carbocycles. The number of rotatable bonds is 6. The number of benzene rings is 1.